The van der Waals surface area contributed by atoms with Gasteiger partial charge in [-0.05, 0) is 56.9 Å². The molecule has 0 unspecified atom stereocenters. The van der Waals surface area contributed by atoms with Crippen molar-refractivity contribution in [3.63, 3.8) is 0 Å². The van der Waals surface area contributed by atoms with Gasteiger partial charge in [0.2, 0.25) is 0 Å². The Balaban J connectivity index is 1.86. The second-order valence-corrected chi connectivity index (χ2v) is 10.2. The van der Waals surface area contributed by atoms with Crippen LogP contribution in [0.2, 0.25) is 0 Å². The molecule has 8 nitrogen and oxygen atoms in total. The normalized spacial score (nSPS) is 13.4. The van der Waals surface area contributed by atoms with Crippen molar-refractivity contribution in [2.45, 2.75) is 59.6 Å². The molecule has 186 valence electrons. The van der Waals surface area contributed by atoms with Crippen LogP contribution in [-0.2, 0) is 16.6 Å². The molecule has 0 bridgehead atoms. The number of hydrogen-bond acceptors (Lipinski definition) is 7. The average molecular weight is 481 g/mol. The number of halogens is 1. The van der Waals surface area contributed by atoms with Gasteiger partial charge in [0, 0.05) is 24.2 Å². The Morgan fingerprint density at radius 2 is 1.94 bits per heavy atom. The standard InChI is InChI=1S/C26H33FN6O2/c1-15(2)23(16(3)10-22(34)35-26(4,5)6)31-25-20(27)11-18(13-28)24(32-25)30-19-9-8-17-14-29-33(7)21(17)12-19/h8-9,11-12,14-16,23H,10H2,1-7H3,(H2,30,31,32)/t16-,23-/m1/s1. The van der Waals surface area contributed by atoms with Gasteiger partial charge in [0.1, 0.15) is 11.7 Å². The van der Waals surface area contributed by atoms with E-state index in [0.29, 0.717) is 5.69 Å². The molecule has 0 fully saturated rings. The number of anilines is 3. The lowest BCUT2D eigenvalue weighted by atomic mass is 9.89. The van der Waals surface area contributed by atoms with Gasteiger partial charge in [0.05, 0.1) is 23.7 Å². The minimum atomic E-state index is -0.635. The fourth-order valence-electron chi connectivity index (χ4n) is 4.03. The highest BCUT2D eigenvalue weighted by Crippen LogP contribution is 2.28. The number of nitrogens with one attached hydrogen (secondary N) is 2. The van der Waals surface area contributed by atoms with Gasteiger partial charge in [-0.1, -0.05) is 20.8 Å². The van der Waals surface area contributed by atoms with Crippen molar-refractivity contribution in [2.75, 3.05) is 10.6 Å². The molecule has 0 spiro atoms. The number of aromatic nitrogens is 3. The lowest BCUT2D eigenvalue weighted by Gasteiger charge is -2.30. The molecule has 3 rings (SSSR count). The van der Waals surface area contributed by atoms with Crippen molar-refractivity contribution in [3.8, 4) is 6.07 Å². The molecule has 2 atom stereocenters. The minimum Gasteiger partial charge on any atom is -0.460 e. The number of carbonyl (C=O) groups is 1. The zero-order chi connectivity index (χ0) is 25.9. The van der Waals surface area contributed by atoms with Crippen LogP contribution in [0, 0.1) is 29.0 Å². The zero-order valence-electron chi connectivity index (χ0n) is 21.3. The maximum Gasteiger partial charge on any atom is 0.306 e. The first kappa shape index (κ1) is 25.9. The maximum absolute atomic E-state index is 14.9. The van der Waals surface area contributed by atoms with E-state index in [4.69, 9.17) is 4.74 Å². The van der Waals surface area contributed by atoms with Crippen LogP contribution in [0.3, 0.4) is 0 Å². The minimum absolute atomic E-state index is 0.0165. The Hall–Kier alpha value is -3.67. The largest absolute Gasteiger partial charge is 0.460 e. The molecule has 1 aromatic carbocycles. The van der Waals surface area contributed by atoms with Crippen molar-refractivity contribution in [3.05, 3.63) is 41.8 Å². The molecule has 2 aromatic heterocycles. The Morgan fingerprint density at radius 1 is 1.23 bits per heavy atom. The number of hydrogen-bond donors (Lipinski definition) is 2. The molecule has 0 radical (unpaired) electrons. The van der Waals surface area contributed by atoms with Gasteiger partial charge in [0.15, 0.2) is 17.5 Å². The molecule has 2 N–H and O–H groups in total. The summed E-state index contributed by atoms with van der Waals surface area (Å²) in [6.45, 7) is 11.4. The number of carbonyl (C=O) groups excluding carboxylic acids is 1. The second-order valence-electron chi connectivity index (χ2n) is 10.2. The Bertz CT molecular complexity index is 1260. The number of ether oxygens (including phenoxy) is 1. The van der Waals surface area contributed by atoms with Gasteiger partial charge in [-0.3, -0.25) is 9.48 Å². The maximum atomic E-state index is 14.9. The van der Waals surface area contributed by atoms with Gasteiger partial charge >= 0.3 is 5.97 Å². The summed E-state index contributed by atoms with van der Waals surface area (Å²) in [5.74, 6) is -0.760. The smallest absolute Gasteiger partial charge is 0.306 e. The molecule has 0 aliphatic rings. The summed E-state index contributed by atoms with van der Waals surface area (Å²) < 4.78 is 22.1. The molecular weight excluding hydrogens is 447 g/mol. The SMILES string of the molecule is CC(C)[C@@H](Nc1nc(Nc2ccc3cnn(C)c3c2)c(C#N)cc1F)[C@H](C)CC(=O)OC(C)(C)C. The highest BCUT2D eigenvalue weighted by Gasteiger charge is 2.27. The highest BCUT2D eigenvalue weighted by molar-refractivity contribution is 5.83. The van der Waals surface area contributed by atoms with Gasteiger partial charge in [-0.15, -0.1) is 0 Å². The fraction of sp³-hybridized carbons (Fsp3) is 0.462. The Labute approximate surface area is 205 Å². The third kappa shape index (κ3) is 6.47. The number of rotatable bonds is 8. The summed E-state index contributed by atoms with van der Waals surface area (Å²) in [7, 11) is 1.84. The lowest BCUT2D eigenvalue weighted by molar-refractivity contribution is -0.156. The molecule has 0 saturated heterocycles. The second kappa shape index (κ2) is 10.3. The summed E-state index contributed by atoms with van der Waals surface area (Å²) in [6, 6.07) is 8.56. The van der Waals surface area contributed by atoms with Crippen LogP contribution < -0.4 is 10.6 Å². The first-order valence-corrected chi connectivity index (χ1v) is 11.7. The van der Waals surface area contributed by atoms with Crippen LogP contribution in [0.4, 0.5) is 21.7 Å². The van der Waals surface area contributed by atoms with E-state index in [1.807, 2.05) is 72.9 Å². The molecule has 2 heterocycles. The predicted octanol–water partition coefficient (Wildman–Crippen LogP) is 5.53. The zero-order valence-corrected chi connectivity index (χ0v) is 21.3. The highest BCUT2D eigenvalue weighted by atomic mass is 19.1. The van der Waals surface area contributed by atoms with Crippen LogP contribution in [-0.4, -0.2) is 32.4 Å². The molecule has 35 heavy (non-hydrogen) atoms. The van der Waals surface area contributed by atoms with Crippen LogP contribution >= 0.6 is 0 Å². The topological polar surface area (TPSA) is 105 Å². The van der Waals surface area contributed by atoms with E-state index in [1.165, 1.54) is 0 Å². The predicted molar refractivity (Wildman–Crippen MR) is 135 cm³/mol. The number of esters is 1. The van der Waals surface area contributed by atoms with Gasteiger partial charge in [-0.2, -0.15) is 10.4 Å². The van der Waals surface area contributed by atoms with E-state index < -0.39 is 11.4 Å². The first-order valence-electron chi connectivity index (χ1n) is 11.7. The molecule has 9 heteroatoms. The number of benzene rings is 1. The molecule has 0 amide bonds. The van der Waals surface area contributed by atoms with Crippen molar-refractivity contribution in [1.82, 2.24) is 14.8 Å². The fourth-order valence-corrected chi connectivity index (χ4v) is 4.03. The summed E-state index contributed by atoms with van der Waals surface area (Å²) in [6.07, 6.45) is 1.95. The molecular formula is C26H33FN6O2. The van der Waals surface area contributed by atoms with Gasteiger partial charge < -0.3 is 15.4 Å². The monoisotopic (exact) mass is 480 g/mol. The van der Waals surface area contributed by atoms with Gasteiger partial charge in [0.25, 0.3) is 0 Å². The van der Waals surface area contributed by atoms with E-state index in [1.54, 1.807) is 10.9 Å². The average Bonchev–Trinajstić information content (AvgIpc) is 3.12. The number of nitriles is 1. The quantitative estimate of drug-likeness (QED) is 0.409. The molecule has 0 aliphatic heterocycles. The van der Waals surface area contributed by atoms with Crippen molar-refractivity contribution in [1.29, 1.82) is 5.26 Å². The van der Waals surface area contributed by atoms with Crippen molar-refractivity contribution >= 4 is 34.2 Å². The summed E-state index contributed by atoms with van der Waals surface area (Å²) in [5, 5.41) is 21.1. The first-order chi connectivity index (χ1) is 16.4. The third-order valence-electron chi connectivity index (χ3n) is 5.65. The lowest BCUT2D eigenvalue weighted by Crippen LogP contribution is -2.36. The Morgan fingerprint density at radius 3 is 2.57 bits per heavy atom. The van der Waals surface area contributed by atoms with E-state index in [0.717, 1.165) is 17.0 Å². The van der Waals surface area contributed by atoms with Crippen LogP contribution in [0.25, 0.3) is 10.9 Å². The molecule has 3 aromatic rings. The van der Waals surface area contributed by atoms with Crippen LogP contribution in [0.5, 0.6) is 0 Å². The van der Waals surface area contributed by atoms with E-state index in [9.17, 15) is 14.4 Å². The van der Waals surface area contributed by atoms with Gasteiger partial charge in [-0.25, -0.2) is 9.37 Å². The van der Waals surface area contributed by atoms with E-state index in [-0.39, 0.29) is 47.5 Å². The van der Waals surface area contributed by atoms with Crippen molar-refractivity contribution < 1.29 is 13.9 Å². The number of aryl methyl sites for hydroxylation is 1. The number of nitrogens with zero attached hydrogens (tertiary/aromatic N) is 4. The van der Waals surface area contributed by atoms with Crippen molar-refractivity contribution in [2.24, 2.45) is 18.9 Å². The van der Waals surface area contributed by atoms with E-state index >= 15 is 0 Å². The molecule has 0 saturated carbocycles. The number of pyridine rings is 1. The number of fused-ring (bicyclic) bond motifs is 1. The summed E-state index contributed by atoms with van der Waals surface area (Å²) >= 11 is 0. The molecule has 0 aliphatic carbocycles. The summed E-state index contributed by atoms with van der Waals surface area (Å²) in [5.41, 5.74) is 1.12. The third-order valence-corrected chi connectivity index (χ3v) is 5.65. The van der Waals surface area contributed by atoms with Crippen LogP contribution in [0.15, 0.2) is 30.5 Å². The van der Waals surface area contributed by atoms with E-state index in [2.05, 4.69) is 20.7 Å². The summed E-state index contributed by atoms with van der Waals surface area (Å²) in [4.78, 5) is 16.8. The Kier molecular flexibility index (Phi) is 7.64. The van der Waals surface area contributed by atoms with Crippen LogP contribution in [0.1, 0.15) is 53.5 Å².